The fourth-order valence-electron chi connectivity index (χ4n) is 3.58. The number of likely N-dealkylation sites (N-methyl/N-ethyl adjacent to an activating group) is 1. The maximum Gasteiger partial charge on any atom is 0.151 e. The van der Waals surface area contributed by atoms with E-state index in [9.17, 15) is 5.26 Å². The Labute approximate surface area is 166 Å². The van der Waals surface area contributed by atoms with Gasteiger partial charge in [-0.15, -0.1) is 5.10 Å². The van der Waals surface area contributed by atoms with E-state index in [0.29, 0.717) is 24.8 Å². The van der Waals surface area contributed by atoms with E-state index < -0.39 is 0 Å². The fraction of sp³-hybridized carbons (Fsp3) is 0.524. The maximum atomic E-state index is 9.58. The van der Waals surface area contributed by atoms with Gasteiger partial charge in [0.2, 0.25) is 0 Å². The number of fused-ring (bicyclic) bond motifs is 1. The molecule has 7 nitrogen and oxygen atoms in total. The zero-order valence-corrected chi connectivity index (χ0v) is 16.9. The van der Waals surface area contributed by atoms with Crippen molar-refractivity contribution >= 4 is 11.6 Å². The van der Waals surface area contributed by atoms with E-state index in [1.54, 1.807) is 0 Å². The van der Waals surface area contributed by atoms with Crippen LogP contribution < -0.4 is 9.80 Å². The van der Waals surface area contributed by atoms with Crippen molar-refractivity contribution in [2.75, 3.05) is 36.5 Å². The molecule has 146 valence electrons. The summed E-state index contributed by atoms with van der Waals surface area (Å²) < 4.78 is 5.49. The third-order valence-electron chi connectivity index (χ3n) is 5.52. The van der Waals surface area contributed by atoms with Crippen LogP contribution in [0.2, 0.25) is 0 Å². The number of anilines is 2. The second kappa shape index (κ2) is 7.02. The molecule has 2 aliphatic heterocycles. The first-order chi connectivity index (χ1) is 13.4. The molecule has 2 aromatic rings. The number of pyridine rings is 1. The largest absolute Gasteiger partial charge is 0.376 e. The third-order valence-corrected chi connectivity index (χ3v) is 5.52. The average Bonchev–Trinajstić information content (AvgIpc) is 2.65. The molecule has 0 saturated carbocycles. The van der Waals surface area contributed by atoms with E-state index in [0.717, 1.165) is 48.1 Å². The van der Waals surface area contributed by atoms with E-state index in [1.807, 2.05) is 19.2 Å². The first-order valence-corrected chi connectivity index (χ1v) is 9.69. The van der Waals surface area contributed by atoms with Gasteiger partial charge in [0, 0.05) is 37.5 Å². The lowest BCUT2D eigenvalue weighted by atomic mass is 9.92. The summed E-state index contributed by atoms with van der Waals surface area (Å²) in [5.41, 5.74) is 3.68. The molecule has 0 spiro atoms. The minimum Gasteiger partial charge on any atom is -0.376 e. The standard InChI is InChI=1S/C21H26N6O/c1-21(2,3)18-5-6-19(25-24-18)27-11-16(12-27)26(4)20-14(10-22)9-15-13-28-8-7-17(15)23-20/h5-6,9,16H,7-8,11-13H2,1-4H3. The predicted molar refractivity (Wildman–Crippen MR) is 107 cm³/mol. The van der Waals surface area contributed by atoms with Crippen molar-refractivity contribution < 1.29 is 4.74 Å². The van der Waals surface area contributed by atoms with Crippen molar-refractivity contribution in [3.8, 4) is 6.07 Å². The van der Waals surface area contributed by atoms with Gasteiger partial charge >= 0.3 is 0 Å². The minimum atomic E-state index is 0.0000824. The van der Waals surface area contributed by atoms with Crippen LogP contribution in [0.25, 0.3) is 0 Å². The first kappa shape index (κ1) is 18.6. The Morgan fingerprint density at radius 1 is 1.25 bits per heavy atom. The van der Waals surface area contributed by atoms with Crippen molar-refractivity contribution in [3.63, 3.8) is 0 Å². The normalized spacial score (nSPS) is 16.9. The summed E-state index contributed by atoms with van der Waals surface area (Å²) in [6.07, 6.45) is 0.800. The highest BCUT2D eigenvalue weighted by Gasteiger charge is 2.33. The quantitative estimate of drug-likeness (QED) is 0.812. The molecule has 2 aliphatic rings. The lowest BCUT2D eigenvalue weighted by Crippen LogP contribution is -2.59. The summed E-state index contributed by atoms with van der Waals surface area (Å²) in [6, 6.07) is 8.62. The van der Waals surface area contributed by atoms with Gasteiger partial charge in [-0.1, -0.05) is 20.8 Å². The van der Waals surface area contributed by atoms with E-state index in [-0.39, 0.29) is 5.41 Å². The van der Waals surface area contributed by atoms with Gasteiger partial charge in [-0.05, 0) is 18.2 Å². The van der Waals surface area contributed by atoms with Crippen LogP contribution in [0.15, 0.2) is 18.2 Å². The van der Waals surface area contributed by atoms with Crippen molar-refractivity contribution in [2.24, 2.45) is 0 Å². The van der Waals surface area contributed by atoms with E-state index >= 15 is 0 Å². The number of ether oxygens (including phenoxy) is 1. The molecular weight excluding hydrogens is 352 g/mol. The highest BCUT2D eigenvalue weighted by Crippen LogP contribution is 2.29. The van der Waals surface area contributed by atoms with Gasteiger partial charge in [0.1, 0.15) is 11.9 Å². The molecule has 4 rings (SSSR count). The Morgan fingerprint density at radius 3 is 2.68 bits per heavy atom. The second-order valence-corrected chi connectivity index (χ2v) is 8.58. The Balaban J connectivity index is 1.47. The summed E-state index contributed by atoms with van der Waals surface area (Å²) in [4.78, 5) is 9.13. The monoisotopic (exact) mass is 378 g/mol. The lowest BCUT2D eigenvalue weighted by molar-refractivity contribution is 0.109. The van der Waals surface area contributed by atoms with Gasteiger partial charge < -0.3 is 14.5 Å². The zero-order valence-electron chi connectivity index (χ0n) is 16.9. The van der Waals surface area contributed by atoms with E-state index in [2.05, 4.69) is 52.9 Å². The first-order valence-electron chi connectivity index (χ1n) is 9.69. The van der Waals surface area contributed by atoms with Crippen molar-refractivity contribution in [3.05, 3.63) is 40.7 Å². The van der Waals surface area contributed by atoms with Crippen LogP contribution in [0, 0.1) is 11.3 Å². The topological polar surface area (TPSA) is 78.2 Å². The summed E-state index contributed by atoms with van der Waals surface area (Å²) in [7, 11) is 2.02. The van der Waals surface area contributed by atoms with Gasteiger partial charge in [-0.3, -0.25) is 0 Å². The predicted octanol–water partition coefficient (Wildman–Crippen LogP) is 2.44. The maximum absolute atomic E-state index is 9.58. The summed E-state index contributed by atoms with van der Waals surface area (Å²) in [5.74, 6) is 1.66. The highest BCUT2D eigenvalue weighted by atomic mass is 16.5. The van der Waals surface area contributed by atoms with E-state index in [4.69, 9.17) is 9.72 Å². The minimum absolute atomic E-state index is 0.0000824. The molecule has 0 amide bonds. The molecule has 1 fully saturated rings. The molecule has 0 bridgehead atoms. The lowest BCUT2D eigenvalue weighted by Gasteiger charge is -2.45. The molecule has 7 heteroatoms. The van der Waals surface area contributed by atoms with Crippen LogP contribution in [0.1, 0.15) is 43.3 Å². The van der Waals surface area contributed by atoms with Crippen molar-refractivity contribution in [2.45, 2.75) is 45.3 Å². The molecule has 0 atom stereocenters. The number of hydrogen-bond acceptors (Lipinski definition) is 7. The second-order valence-electron chi connectivity index (χ2n) is 8.58. The van der Waals surface area contributed by atoms with Gasteiger partial charge in [0.05, 0.1) is 36.2 Å². The number of aromatic nitrogens is 3. The molecule has 0 N–H and O–H groups in total. The van der Waals surface area contributed by atoms with Gasteiger partial charge in [0.25, 0.3) is 0 Å². The average molecular weight is 378 g/mol. The molecule has 4 heterocycles. The zero-order chi connectivity index (χ0) is 19.9. The Bertz CT molecular complexity index is 906. The van der Waals surface area contributed by atoms with Crippen molar-refractivity contribution in [1.82, 2.24) is 15.2 Å². The number of nitriles is 1. The van der Waals surface area contributed by atoms with Crippen LogP contribution in [0.4, 0.5) is 11.6 Å². The van der Waals surface area contributed by atoms with Crippen molar-refractivity contribution in [1.29, 1.82) is 5.26 Å². The molecular formula is C21H26N6O. The SMILES string of the molecule is CN(c1nc2c(cc1C#N)COCC2)C1CN(c2ccc(C(C)(C)C)nn2)C1. The molecule has 0 radical (unpaired) electrons. The van der Waals surface area contributed by atoms with Crippen LogP contribution in [-0.4, -0.2) is 48.0 Å². The molecule has 0 unspecified atom stereocenters. The Kier molecular flexibility index (Phi) is 4.68. The summed E-state index contributed by atoms with van der Waals surface area (Å²) in [6.45, 7) is 9.32. The van der Waals surface area contributed by atoms with E-state index in [1.165, 1.54) is 0 Å². The van der Waals surface area contributed by atoms with Gasteiger partial charge in [-0.2, -0.15) is 10.4 Å². The fourth-order valence-corrected chi connectivity index (χ4v) is 3.58. The van der Waals surface area contributed by atoms with Gasteiger partial charge in [-0.25, -0.2) is 4.98 Å². The van der Waals surface area contributed by atoms with Crippen LogP contribution >= 0.6 is 0 Å². The van der Waals surface area contributed by atoms with Crippen LogP contribution in [0.5, 0.6) is 0 Å². The molecule has 0 aromatic carbocycles. The third kappa shape index (κ3) is 3.40. The summed E-state index contributed by atoms with van der Waals surface area (Å²) in [5, 5.41) is 18.4. The molecule has 0 aliphatic carbocycles. The number of rotatable bonds is 3. The van der Waals surface area contributed by atoms with Gasteiger partial charge in [0.15, 0.2) is 5.82 Å². The Hall–Kier alpha value is -2.72. The molecule has 1 saturated heterocycles. The smallest absolute Gasteiger partial charge is 0.151 e. The number of nitrogens with zero attached hydrogens (tertiary/aromatic N) is 6. The molecule has 28 heavy (non-hydrogen) atoms. The van der Waals surface area contributed by atoms with Crippen LogP contribution in [-0.2, 0) is 23.2 Å². The Morgan fingerprint density at radius 2 is 2.04 bits per heavy atom. The molecule has 2 aromatic heterocycles. The summed E-state index contributed by atoms with van der Waals surface area (Å²) >= 11 is 0. The van der Waals surface area contributed by atoms with Crippen LogP contribution in [0.3, 0.4) is 0 Å². The highest BCUT2D eigenvalue weighted by molar-refractivity contribution is 5.58. The number of hydrogen-bond donors (Lipinski definition) is 0.